The molecule has 1 saturated carbocycles. The molecule has 0 radical (unpaired) electrons. The van der Waals surface area contributed by atoms with Gasteiger partial charge in [0.15, 0.2) is 0 Å². The molecule has 4 rings (SSSR count). The van der Waals surface area contributed by atoms with Crippen LogP contribution in [0.5, 0.6) is 0 Å². The lowest BCUT2D eigenvalue weighted by atomic mass is 10.0. The third-order valence-corrected chi connectivity index (χ3v) is 5.20. The quantitative estimate of drug-likeness (QED) is 0.842. The molecule has 1 aliphatic heterocycles. The molecule has 2 N–H and O–H groups in total. The number of amides is 1. The summed E-state index contributed by atoms with van der Waals surface area (Å²) in [4.78, 5) is 14.9. The second-order valence-corrected chi connectivity index (χ2v) is 7.45. The summed E-state index contributed by atoms with van der Waals surface area (Å²) >= 11 is 6.07. The predicted molar refractivity (Wildman–Crippen MR) is 98.8 cm³/mol. The molecule has 136 valence electrons. The van der Waals surface area contributed by atoms with Crippen molar-refractivity contribution < 1.29 is 9.18 Å². The van der Waals surface area contributed by atoms with E-state index in [1.54, 1.807) is 6.07 Å². The average Bonchev–Trinajstić information content (AvgIpc) is 3.35. The third kappa shape index (κ3) is 3.90. The van der Waals surface area contributed by atoms with Gasteiger partial charge in [-0.1, -0.05) is 35.9 Å². The van der Waals surface area contributed by atoms with Crippen LogP contribution in [0.4, 0.5) is 4.39 Å². The molecule has 0 spiro atoms. The summed E-state index contributed by atoms with van der Waals surface area (Å²) in [6, 6.07) is 14.1. The van der Waals surface area contributed by atoms with Crippen LogP contribution < -0.4 is 10.9 Å². The molecule has 2 aliphatic rings. The highest BCUT2D eigenvalue weighted by atomic mass is 35.5. The topological polar surface area (TPSA) is 44.4 Å². The fourth-order valence-corrected chi connectivity index (χ4v) is 3.66. The number of hydrazine groups is 1. The molecule has 0 bridgehead atoms. The van der Waals surface area contributed by atoms with Gasteiger partial charge in [-0.25, -0.2) is 15.2 Å². The summed E-state index contributed by atoms with van der Waals surface area (Å²) in [5, 5.41) is 0.685. The molecule has 26 heavy (non-hydrogen) atoms. The average molecular weight is 374 g/mol. The molecule has 1 saturated heterocycles. The molecular formula is C20H21ClFN3O. The van der Waals surface area contributed by atoms with Crippen LogP contribution in [0.25, 0.3) is 0 Å². The Morgan fingerprint density at radius 2 is 1.96 bits per heavy atom. The number of hydrogen-bond donors (Lipinski definition) is 2. The molecular weight excluding hydrogens is 353 g/mol. The Hall–Kier alpha value is -1.95. The van der Waals surface area contributed by atoms with Crippen LogP contribution >= 0.6 is 11.6 Å². The number of nitrogens with one attached hydrogen (secondary N) is 2. The number of halogens is 2. The number of carbonyl (C=O) groups excluding carboxylic acids is 1. The number of benzene rings is 2. The van der Waals surface area contributed by atoms with Gasteiger partial charge in [-0.2, -0.15) is 0 Å². The van der Waals surface area contributed by atoms with Gasteiger partial charge in [0.1, 0.15) is 11.9 Å². The van der Waals surface area contributed by atoms with E-state index in [4.69, 9.17) is 11.6 Å². The number of hydrogen-bond acceptors (Lipinski definition) is 3. The van der Waals surface area contributed by atoms with Crippen molar-refractivity contribution in [3.8, 4) is 0 Å². The van der Waals surface area contributed by atoms with E-state index in [2.05, 4.69) is 10.9 Å². The molecule has 0 aromatic heterocycles. The second kappa shape index (κ2) is 7.35. The van der Waals surface area contributed by atoms with Crippen molar-refractivity contribution in [2.24, 2.45) is 0 Å². The molecule has 2 atom stereocenters. The van der Waals surface area contributed by atoms with Crippen LogP contribution in [0.2, 0.25) is 5.02 Å². The molecule has 1 aliphatic carbocycles. The first-order chi connectivity index (χ1) is 12.6. The molecule has 1 heterocycles. The Morgan fingerprint density at radius 3 is 2.69 bits per heavy atom. The zero-order valence-corrected chi connectivity index (χ0v) is 15.0. The first kappa shape index (κ1) is 17.5. The van der Waals surface area contributed by atoms with E-state index >= 15 is 0 Å². The maximum atomic E-state index is 13.5. The van der Waals surface area contributed by atoms with E-state index in [0.29, 0.717) is 18.0 Å². The van der Waals surface area contributed by atoms with E-state index < -0.39 is 0 Å². The van der Waals surface area contributed by atoms with Gasteiger partial charge in [0.2, 0.25) is 5.91 Å². The Kier molecular flexibility index (Phi) is 4.94. The van der Waals surface area contributed by atoms with Crippen molar-refractivity contribution in [3.05, 3.63) is 70.5 Å². The number of rotatable bonds is 5. The fourth-order valence-electron chi connectivity index (χ4n) is 3.47. The number of nitrogens with zero attached hydrogens (tertiary/aromatic N) is 1. The maximum absolute atomic E-state index is 13.5. The Labute approximate surface area is 157 Å². The van der Waals surface area contributed by atoms with E-state index in [1.807, 2.05) is 35.2 Å². The molecule has 6 heteroatoms. The van der Waals surface area contributed by atoms with Crippen molar-refractivity contribution in [2.75, 3.05) is 0 Å². The van der Waals surface area contributed by atoms with E-state index in [9.17, 15) is 9.18 Å². The van der Waals surface area contributed by atoms with Gasteiger partial charge in [-0.15, -0.1) is 0 Å². The molecule has 1 amide bonds. The summed E-state index contributed by atoms with van der Waals surface area (Å²) in [7, 11) is 0. The van der Waals surface area contributed by atoms with Gasteiger partial charge in [0, 0.05) is 23.7 Å². The van der Waals surface area contributed by atoms with E-state index in [1.165, 1.54) is 12.1 Å². The SMILES string of the molecule is O=C(C1CC(c2cccc(Cl)c2)NN1)N(Cc1cccc(F)c1)C1CC1. The highest BCUT2D eigenvalue weighted by Crippen LogP contribution is 2.31. The van der Waals surface area contributed by atoms with Crippen LogP contribution in [0.1, 0.15) is 36.4 Å². The van der Waals surface area contributed by atoms with Crippen molar-refractivity contribution in [2.45, 2.75) is 43.9 Å². The summed E-state index contributed by atoms with van der Waals surface area (Å²) in [6.07, 6.45) is 2.68. The van der Waals surface area contributed by atoms with Crippen molar-refractivity contribution in [1.82, 2.24) is 15.8 Å². The lowest BCUT2D eigenvalue weighted by Crippen LogP contribution is -2.46. The van der Waals surface area contributed by atoms with Crippen molar-refractivity contribution >= 4 is 17.5 Å². The van der Waals surface area contributed by atoms with Gasteiger partial charge in [-0.05, 0) is 54.7 Å². The number of carbonyl (C=O) groups is 1. The summed E-state index contributed by atoms with van der Waals surface area (Å²) < 4.78 is 13.5. The van der Waals surface area contributed by atoms with Gasteiger partial charge >= 0.3 is 0 Å². The molecule has 4 nitrogen and oxygen atoms in total. The highest BCUT2D eigenvalue weighted by Gasteiger charge is 2.39. The van der Waals surface area contributed by atoms with Crippen LogP contribution in [0, 0.1) is 5.82 Å². The fraction of sp³-hybridized carbons (Fsp3) is 0.350. The van der Waals surface area contributed by atoms with Crippen LogP contribution in [0.3, 0.4) is 0 Å². The smallest absolute Gasteiger partial charge is 0.241 e. The van der Waals surface area contributed by atoms with Gasteiger partial charge < -0.3 is 4.90 Å². The standard InChI is InChI=1S/C20H21ClFN3O/c21-15-5-2-4-14(10-15)18-11-19(24-23-18)20(26)25(17-7-8-17)12-13-3-1-6-16(22)9-13/h1-6,9-10,17-19,23-24H,7-8,11-12H2. The lowest BCUT2D eigenvalue weighted by Gasteiger charge is -2.25. The summed E-state index contributed by atoms with van der Waals surface area (Å²) in [5.74, 6) is -0.207. The minimum atomic E-state index is -0.298. The van der Waals surface area contributed by atoms with Crippen LogP contribution in [0.15, 0.2) is 48.5 Å². The molecule has 2 unspecified atom stereocenters. The normalized spacial score (nSPS) is 22.4. The lowest BCUT2D eigenvalue weighted by molar-refractivity contribution is -0.134. The highest BCUT2D eigenvalue weighted by molar-refractivity contribution is 6.30. The van der Waals surface area contributed by atoms with Crippen LogP contribution in [-0.2, 0) is 11.3 Å². The minimum absolute atomic E-state index is 0.0397. The zero-order chi connectivity index (χ0) is 18.1. The monoisotopic (exact) mass is 373 g/mol. The minimum Gasteiger partial charge on any atom is -0.334 e. The largest absolute Gasteiger partial charge is 0.334 e. The zero-order valence-electron chi connectivity index (χ0n) is 14.3. The van der Waals surface area contributed by atoms with E-state index in [-0.39, 0.29) is 29.8 Å². The third-order valence-electron chi connectivity index (χ3n) is 4.97. The first-order valence-corrected chi connectivity index (χ1v) is 9.29. The first-order valence-electron chi connectivity index (χ1n) is 8.91. The van der Waals surface area contributed by atoms with Gasteiger partial charge in [0.25, 0.3) is 0 Å². The van der Waals surface area contributed by atoms with E-state index in [0.717, 1.165) is 24.0 Å². The van der Waals surface area contributed by atoms with Crippen LogP contribution in [-0.4, -0.2) is 22.9 Å². The molecule has 2 aromatic carbocycles. The summed E-state index contributed by atoms with van der Waals surface area (Å²) in [5.41, 5.74) is 8.21. The Bertz CT molecular complexity index is 811. The van der Waals surface area contributed by atoms with Gasteiger partial charge in [0.05, 0.1) is 0 Å². The Balaban J connectivity index is 1.45. The Morgan fingerprint density at radius 1 is 1.15 bits per heavy atom. The van der Waals surface area contributed by atoms with Crippen molar-refractivity contribution in [3.63, 3.8) is 0 Å². The molecule has 2 fully saturated rings. The van der Waals surface area contributed by atoms with Crippen molar-refractivity contribution in [1.29, 1.82) is 0 Å². The second-order valence-electron chi connectivity index (χ2n) is 7.01. The summed E-state index contributed by atoms with van der Waals surface area (Å²) in [6.45, 7) is 0.446. The van der Waals surface area contributed by atoms with Gasteiger partial charge in [-0.3, -0.25) is 4.79 Å². The maximum Gasteiger partial charge on any atom is 0.241 e. The molecule has 2 aromatic rings. The predicted octanol–water partition coefficient (Wildman–Crippen LogP) is 3.58.